The minimum absolute atomic E-state index is 0.0157. The van der Waals surface area contributed by atoms with Crippen molar-refractivity contribution in [2.75, 3.05) is 5.32 Å². The van der Waals surface area contributed by atoms with E-state index in [-0.39, 0.29) is 44.9 Å². The second-order valence-electron chi connectivity index (χ2n) is 8.16. The molecule has 0 amide bonds. The van der Waals surface area contributed by atoms with Gasteiger partial charge in [0, 0.05) is 27.9 Å². The highest BCUT2D eigenvalue weighted by atomic mass is 35.5. The Morgan fingerprint density at radius 1 is 1.09 bits per heavy atom. The molecule has 1 heterocycles. The summed E-state index contributed by atoms with van der Waals surface area (Å²) in [5.74, 6) is -0.129. The molecule has 1 saturated carbocycles. The third-order valence-electron chi connectivity index (χ3n) is 6.35. The van der Waals surface area contributed by atoms with E-state index >= 15 is 0 Å². The first kappa shape index (κ1) is 21.6. The predicted molar refractivity (Wildman–Crippen MR) is 127 cm³/mol. The van der Waals surface area contributed by atoms with Gasteiger partial charge in [0.05, 0.1) is 21.2 Å². The van der Waals surface area contributed by atoms with Gasteiger partial charge in [0.25, 0.3) is 5.69 Å². The number of nitro benzene ring substituents is 1. The number of para-hydroxylation sites is 1. The maximum Gasteiger partial charge on any atom is 0.282 e. The molecule has 5 rings (SSSR count). The van der Waals surface area contributed by atoms with Crippen LogP contribution in [0, 0.1) is 21.8 Å². The number of anilines is 1. The molecule has 0 aromatic heterocycles. The van der Waals surface area contributed by atoms with Crippen molar-refractivity contribution in [1.82, 2.24) is 0 Å². The zero-order valence-electron chi connectivity index (χ0n) is 16.8. The number of nitrogens with one attached hydrogen (secondary N) is 1. The highest BCUT2D eigenvalue weighted by Crippen LogP contribution is 2.58. The van der Waals surface area contributed by atoms with E-state index in [0.717, 1.165) is 23.2 Å². The lowest BCUT2D eigenvalue weighted by Crippen LogP contribution is -2.31. The average Bonchev–Trinajstić information content (AvgIpc) is 3.10. The first-order valence-corrected chi connectivity index (χ1v) is 12.0. The Kier molecular flexibility index (Phi) is 5.78. The van der Waals surface area contributed by atoms with Crippen molar-refractivity contribution in [2.24, 2.45) is 5.92 Å². The molecule has 1 N–H and O–H groups in total. The first-order chi connectivity index (χ1) is 15.4. The number of halogens is 3. The number of alkyl halides is 1. The fourth-order valence-electron chi connectivity index (χ4n) is 4.96. The van der Waals surface area contributed by atoms with Crippen molar-refractivity contribution in [3.8, 4) is 0 Å². The molecule has 2 aliphatic rings. The number of thioether (sulfide) groups is 1. The monoisotopic (exact) mass is 488 g/mol. The van der Waals surface area contributed by atoms with Crippen molar-refractivity contribution in [2.45, 2.75) is 33.9 Å². The van der Waals surface area contributed by atoms with Gasteiger partial charge in [-0.3, -0.25) is 10.1 Å². The van der Waals surface area contributed by atoms with Gasteiger partial charge >= 0.3 is 0 Å². The molecule has 32 heavy (non-hydrogen) atoms. The number of nitrogens with zero attached hydrogens (tertiary/aromatic N) is 1. The van der Waals surface area contributed by atoms with Crippen LogP contribution in [-0.4, -0.2) is 15.6 Å². The molecule has 3 aromatic carbocycles. The van der Waals surface area contributed by atoms with Gasteiger partial charge in [0.2, 0.25) is 0 Å². The Bertz CT molecular complexity index is 1180. The van der Waals surface area contributed by atoms with E-state index in [1.54, 1.807) is 30.3 Å². The van der Waals surface area contributed by atoms with Crippen LogP contribution in [0.1, 0.15) is 29.5 Å². The van der Waals surface area contributed by atoms with Crippen LogP contribution in [0.3, 0.4) is 0 Å². The standard InChI is InChI=1S/C24H19Cl2FN2O2S/c25-14-7-10-18-16(11-14)22-17(24(28-18)13-5-8-15(27)9-6-13)12-21(23(22)26)32-20-4-2-1-3-19(20)29(30)31/h1-11,17,21-24,28H,12H2/t17-,21+,22-,23+,24-/m0/s1. The van der Waals surface area contributed by atoms with Crippen molar-refractivity contribution < 1.29 is 9.31 Å². The summed E-state index contributed by atoms with van der Waals surface area (Å²) in [7, 11) is 0. The third kappa shape index (κ3) is 3.85. The van der Waals surface area contributed by atoms with Gasteiger partial charge in [-0.25, -0.2) is 4.39 Å². The van der Waals surface area contributed by atoms with E-state index < -0.39 is 0 Å². The number of hydrogen-bond acceptors (Lipinski definition) is 4. The molecule has 3 aromatic rings. The number of nitro groups is 1. The minimum Gasteiger partial charge on any atom is -0.378 e. The van der Waals surface area contributed by atoms with Crippen LogP contribution < -0.4 is 5.32 Å². The Hall–Kier alpha value is -2.28. The molecule has 5 atom stereocenters. The lowest BCUT2D eigenvalue weighted by atomic mass is 9.77. The lowest BCUT2D eigenvalue weighted by Gasteiger charge is -2.38. The molecule has 0 bridgehead atoms. The predicted octanol–water partition coefficient (Wildman–Crippen LogP) is 7.43. The van der Waals surface area contributed by atoms with Crippen molar-refractivity contribution in [1.29, 1.82) is 0 Å². The highest BCUT2D eigenvalue weighted by Gasteiger charge is 2.50. The summed E-state index contributed by atoms with van der Waals surface area (Å²) in [5, 5.41) is 15.5. The maximum atomic E-state index is 13.6. The quantitative estimate of drug-likeness (QED) is 0.235. The number of rotatable bonds is 4. The summed E-state index contributed by atoms with van der Waals surface area (Å²) in [6.07, 6.45) is 0.760. The van der Waals surface area contributed by atoms with Crippen LogP contribution in [-0.2, 0) is 0 Å². The van der Waals surface area contributed by atoms with Gasteiger partial charge in [0.15, 0.2) is 0 Å². The molecule has 0 radical (unpaired) electrons. The van der Waals surface area contributed by atoms with Crippen molar-refractivity contribution in [3.05, 3.63) is 98.8 Å². The van der Waals surface area contributed by atoms with Crippen LogP contribution in [0.4, 0.5) is 15.8 Å². The summed E-state index contributed by atoms with van der Waals surface area (Å²) >= 11 is 14.8. The third-order valence-corrected chi connectivity index (χ3v) is 8.69. The SMILES string of the molecule is O=[N+]([O-])c1ccccc1S[C@@H]1C[C@H]2[C@H](c3cc(Cl)ccc3N[C@H]2c2ccc(F)cc2)[C@@H]1Cl. The van der Waals surface area contributed by atoms with Crippen molar-refractivity contribution in [3.63, 3.8) is 0 Å². The van der Waals surface area contributed by atoms with E-state index in [0.29, 0.717) is 9.92 Å². The molecule has 1 aliphatic carbocycles. The number of benzene rings is 3. The fourth-order valence-corrected chi connectivity index (χ4v) is 7.08. The molecule has 1 fully saturated rings. The van der Waals surface area contributed by atoms with E-state index in [1.807, 2.05) is 18.2 Å². The van der Waals surface area contributed by atoms with Gasteiger partial charge in [0.1, 0.15) is 5.82 Å². The number of hydrogen-bond donors (Lipinski definition) is 1. The first-order valence-electron chi connectivity index (χ1n) is 10.3. The molecule has 4 nitrogen and oxygen atoms in total. The topological polar surface area (TPSA) is 55.2 Å². The molecule has 0 saturated heterocycles. The van der Waals surface area contributed by atoms with E-state index in [4.69, 9.17) is 23.2 Å². The van der Waals surface area contributed by atoms with Gasteiger partial charge in [-0.15, -0.1) is 23.4 Å². The second-order valence-corrected chi connectivity index (χ2v) is 10.4. The molecule has 1 aliphatic heterocycles. The van der Waals surface area contributed by atoms with E-state index in [1.165, 1.54) is 30.0 Å². The molecular weight excluding hydrogens is 470 g/mol. The van der Waals surface area contributed by atoms with Gasteiger partial charge in [-0.1, -0.05) is 35.9 Å². The van der Waals surface area contributed by atoms with E-state index in [9.17, 15) is 14.5 Å². The van der Waals surface area contributed by atoms with E-state index in [2.05, 4.69) is 5.32 Å². The highest BCUT2D eigenvalue weighted by molar-refractivity contribution is 8.00. The van der Waals surface area contributed by atoms with Gasteiger partial charge in [-0.2, -0.15) is 0 Å². The zero-order chi connectivity index (χ0) is 22.4. The minimum atomic E-state index is -0.356. The molecule has 8 heteroatoms. The summed E-state index contributed by atoms with van der Waals surface area (Å²) in [4.78, 5) is 11.8. The summed E-state index contributed by atoms with van der Waals surface area (Å²) in [6, 6.07) is 19.0. The Morgan fingerprint density at radius 3 is 2.59 bits per heavy atom. The Balaban J connectivity index is 1.53. The molecule has 0 spiro atoms. The van der Waals surface area contributed by atoms with Crippen LogP contribution in [0.5, 0.6) is 0 Å². The molecule has 164 valence electrons. The van der Waals surface area contributed by atoms with Crippen LogP contribution in [0.25, 0.3) is 0 Å². The smallest absolute Gasteiger partial charge is 0.282 e. The molecular formula is C24H19Cl2FN2O2S. The fraction of sp³-hybridized carbons (Fsp3) is 0.250. The second kappa shape index (κ2) is 8.58. The van der Waals surface area contributed by atoms with Crippen LogP contribution >= 0.6 is 35.0 Å². The Morgan fingerprint density at radius 2 is 1.84 bits per heavy atom. The van der Waals surface area contributed by atoms with Gasteiger partial charge < -0.3 is 5.32 Å². The van der Waals surface area contributed by atoms with Crippen molar-refractivity contribution >= 4 is 46.3 Å². The normalized spacial score (nSPS) is 26.2. The average molecular weight is 489 g/mol. The summed E-state index contributed by atoms with van der Waals surface area (Å²) in [6.45, 7) is 0. The largest absolute Gasteiger partial charge is 0.378 e. The van der Waals surface area contributed by atoms with Crippen LogP contribution in [0.15, 0.2) is 71.6 Å². The zero-order valence-corrected chi connectivity index (χ0v) is 19.1. The lowest BCUT2D eigenvalue weighted by molar-refractivity contribution is -0.387. The number of fused-ring (bicyclic) bond motifs is 3. The Labute approximate surface area is 199 Å². The van der Waals surface area contributed by atoms with Gasteiger partial charge in [-0.05, 0) is 59.9 Å². The molecule has 0 unspecified atom stereocenters. The maximum absolute atomic E-state index is 13.6. The van der Waals surface area contributed by atoms with Crippen LogP contribution in [0.2, 0.25) is 5.02 Å². The summed E-state index contributed by atoms with van der Waals surface area (Å²) < 4.78 is 13.6. The summed E-state index contributed by atoms with van der Waals surface area (Å²) in [5.41, 5.74) is 3.11.